The van der Waals surface area contributed by atoms with Crippen LogP contribution in [0.4, 0.5) is 0 Å². The first-order valence-corrected chi connectivity index (χ1v) is 4.63. The second-order valence-electron chi connectivity index (χ2n) is 3.21. The molecule has 0 aliphatic rings. The Bertz CT molecular complexity index is 381. The Balaban J connectivity index is 3.17. The van der Waals surface area contributed by atoms with E-state index in [1.807, 2.05) is 26.1 Å². The molecule has 2 heteroatoms. The predicted molar refractivity (Wildman–Crippen MR) is 61.7 cm³/mol. The molecule has 0 aliphatic carbocycles. The summed E-state index contributed by atoms with van der Waals surface area (Å²) >= 11 is 0. The van der Waals surface area contributed by atoms with Crippen LogP contribution in [0.1, 0.15) is 18.2 Å². The molecule has 0 N–H and O–H groups in total. The van der Waals surface area contributed by atoms with Crippen LogP contribution in [0.5, 0.6) is 0 Å². The molecule has 1 aromatic rings. The highest BCUT2D eigenvalue weighted by atomic mass is 14.9. The third-order valence-corrected chi connectivity index (χ3v) is 1.96. The zero-order chi connectivity index (χ0) is 10.6. The van der Waals surface area contributed by atoms with Gasteiger partial charge in [0.15, 0.2) is 0 Å². The summed E-state index contributed by atoms with van der Waals surface area (Å²) in [5, 5.41) is 0. The predicted octanol–water partition coefficient (Wildman–Crippen LogP) is 2.84. The lowest BCUT2D eigenvalue weighted by atomic mass is 10.2. The topological polar surface area (TPSA) is 17.3 Å². The Kier molecular flexibility index (Phi) is 3.46. The van der Waals surface area contributed by atoms with Crippen LogP contribution in [0.3, 0.4) is 0 Å². The molecule has 0 fully saturated rings. The van der Waals surface area contributed by atoms with Crippen LogP contribution in [0.25, 0.3) is 0 Å². The van der Waals surface area contributed by atoms with Crippen LogP contribution in [-0.2, 0) is 7.05 Å². The molecule has 0 unspecified atom stereocenters. The van der Waals surface area contributed by atoms with Gasteiger partial charge in [-0.3, -0.25) is 4.99 Å². The normalized spacial score (nSPS) is 12.4. The minimum Gasteiger partial charge on any atom is -0.349 e. The monoisotopic (exact) mass is 188 g/mol. The van der Waals surface area contributed by atoms with Crippen molar-refractivity contribution in [2.75, 3.05) is 0 Å². The highest BCUT2D eigenvalue weighted by Crippen LogP contribution is 2.08. The molecule has 0 spiro atoms. The van der Waals surface area contributed by atoms with Gasteiger partial charge in [-0.15, -0.1) is 0 Å². The van der Waals surface area contributed by atoms with E-state index in [9.17, 15) is 0 Å². The molecular weight excluding hydrogens is 172 g/mol. The van der Waals surface area contributed by atoms with Gasteiger partial charge in [0, 0.05) is 19.4 Å². The minimum absolute atomic E-state index is 0.943. The molecule has 0 amide bonds. The summed E-state index contributed by atoms with van der Waals surface area (Å²) in [6, 6.07) is 2.11. The van der Waals surface area contributed by atoms with E-state index in [-0.39, 0.29) is 0 Å². The van der Waals surface area contributed by atoms with E-state index in [2.05, 4.69) is 35.3 Å². The average Bonchev–Trinajstić information content (AvgIpc) is 2.45. The molecule has 14 heavy (non-hydrogen) atoms. The van der Waals surface area contributed by atoms with Gasteiger partial charge in [0.1, 0.15) is 0 Å². The number of allylic oxidation sites excluding steroid dienone is 2. The number of hydrogen-bond acceptors (Lipinski definition) is 1. The maximum absolute atomic E-state index is 4.23. The smallest absolute Gasteiger partial charge is 0.0862 e. The largest absolute Gasteiger partial charge is 0.349 e. The molecule has 0 aromatic carbocycles. The Morgan fingerprint density at radius 1 is 1.57 bits per heavy atom. The summed E-state index contributed by atoms with van der Waals surface area (Å²) in [4.78, 5) is 4.23. The summed E-state index contributed by atoms with van der Waals surface area (Å²) < 4.78 is 2.07. The number of rotatable bonds is 3. The van der Waals surface area contributed by atoms with Gasteiger partial charge >= 0.3 is 0 Å². The number of aromatic nitrogens is 1. The van der Waals surface area contributed by atoms with Crippen molar-refractivity contribution >= 4 is 5.71 Å². The average molecular weight is 188 g/mol. The van der Waals surface area contributed by atoms with Crippen LogP contribution in [0, 0.1) is 6.92 Å². The van der Waals surface area contributed by atoms with Gasteiger partial charge in [-0.2, -0.15) is 0 Å². The molecule has 74 valence electrons. The van der Waals surface area contributed by atoms with E-state index in [0.29, 0.717) is 0 Å². The van der Waals surface area contributed by atoms with Crippen LogP contribution in [0.2, 0.25) is 0 Å². The van der Waals surface area contributed by atoms with Crippen LogP contribution in [0.15, 0.2) is 42.2 Å². The SMILES string of the molecule is C=CN=C(/C=C\C)c1cc(C)cn1C. The van der Waals surface area contributed by atoms with E-state index in [1.165, 1.54) is 5.56 Å². The zero-order valence-corrected chi connectivity index (χ0v) is 8.99. The Hall–Kier alpha value is -1.57. The first kappa shape index (κ1) is 10.5. The van der Waals surface area contributed by atoms with Crippen LogP contribution >= 0.6 is 0 Å². The van der Waals surface area contributed by atoms with Gasteiger partial charge in [0.2, 0.25) is 0 Å². The lowest BCUT2D eigenvalue weighted by Gasteiger charge is -2.01. The molecule has 1 rings (SSSR count). The maximum Gasteiger partial charge on any atom is 0.0862 e. The van der Waals surface area contributed by atoms with E-state index in [1.54, 1.807) is 6.20 Å². The van der Waals surface area contributed by atoms with Gasteiger partial charge in [0.25, 0.3) is 0 Å². The number of aryl methyl sites for hydroxylation is 2. The van der Waals surface area contributed by atoms with Crippen molar-refractivity contribution in [3.8, 4) is 0 Å². The Morgan fingerprint density at radius 2 is 2.29 bits per heavy atom. The minimum atomic E-state index is 0.943. The number of hydrogen-bond donors (Lipinski definition) is 0. The van der Waals surface area contributed by atoms with E-state index in [4.69, 9.17) is 0 Å². The van der Waals surface area contributed by atoms with Crippen molar-refractivity contribution in [1.29, 1.82) is 0 Å². The molecule has 2 nitrogen and oxygen atoms in total. The maximum atomic E-state index is 4.23. The molecule has 0 aliphatic heterocycles. The quantitative estimate of drug-likeness (QED) is 0.649. The fourth-order valence-corrected chi connectivity index (χ4v) is 1.44. The van der Waals surface area contributed by atoms with Crippen molar-refractivity contribution in [2.24, 2.45) is 12.0 Å². The van der Waals surface area contributed by atoms with Crippen molar-refractivity contribution in [3.63, 3.8) is 0 Å². The number of nitrogens with zero attached hydrogens (tertiary/aromatic N) is 2. The molecule has 1 aromatic heterocycles. The van der Waals surface area contributed by atoms with Gasteiger partial charge < -0.3 is 4.57 Å². The zero-order valence-electron chi connectivity index (χ0n) is 8.99. The van der Waals surface area contributed by atoms with Crippen LogP contribution in [-0.4, -0.2) is 10.3 Å². The Labute approximate surface area is 85.3 Å². The first-order chi connectivity index (χ1) is 6.69. The third kappa shape index (κ3) is 2.22. The van der Waals surface area contributed by atoms with Gasteiger partial charge in [-0.1, -0.05) is 12.7 Å². The fraction of sp³-hybridized carbons (Fsp3) is 0.250. The van der Waals surface area contributed by atoms with Gasteiger partial charge in [-0.25, -0.2) is 0 Å². The molecule has 0 radical (unpaired) electrons. The summed E-state index contributed by atoms with van der Waals surface area (Å²) in [5.41, 5.74) is 3.29. The fourth-order valence-electron chi connectivity index (χ4n) is 1.44. The van der Waals surface area contributed by atoms with Crippen LogP contribution < -0.4 is 0 Å². The first-order valence-electron chi connectivity index (χ1n) is 4.63. The summed E-state index contributed by atoms with van der Waals surface area (Å²) in [7, 11) is 2.02. The van der Waals surface area contributed by atoms with E-state index < -0.39 is 0 Å². The lowest BCUT2D eigenvalue weighted by molar-refractivity contribution is 0.912. The Morgan fingerprint density at radius 3 is 2.71 bits per heavy atom. The van der Waals surface area contributed by atoms with E-state index in [0.717, 1.165) is 11.4 Å². The second kappa shape index (κ2) is 4.61. The highest BCUT2D eigenvalue weighted by molar-refractivity contribution is 6.08. The molecule has 0 atom stereocenters. The summed E-state index contributed by atoms with van der Waals surface area (Å²) in [6.45, 7) is 7.67. The molecular formula is C12H16N2. The summed E-state index contributed by atoms with van der Waals surface area (Å²) in [5.74, 6) is 0. The number of aliphatic imine (C=N–C) groups is 1. The van der Waals surface area contributed by atoms with Crippen molar-refractivity contribution in [3.05, 3.63) is 48.5 Å². The van der Waals surface area contributed by atoms with Gasteiger partial charge in [-0.05, 0) is 31.6 Å². The highest BCUT2D eigenvalue weighted by Gasteiger charge is 2.04. The molecule has 0 saturated heterocycles. The standard InChI is InChI=1S/C12H16N2/c1-5-7-11(13-6-2)12-8-10(3)9-14(12)4/h5-9H,2H2,1,3-4H3/b7-5-,13-11?. The van der Waals surface area contributed by atoms with Crippen molar-refractivity contribution < 1.29 is 0 Å². The molecule has 1 heterocycles. The summed E-state index contributed by atoms with van der Waals surface area (Å²) in [6.07, 6.45) is 7.61. The second-order valence-corrected chi connectivity index (χ2v) is 3.21. The van der Waals surface area contributed by atoms with Crippen molar-refractivity contribution in [1.82, 2.24) is 4.57 Å². The van der Waals surface area contributed by atoms with Crippen molar-refractivity contribution in [2.45, 2.75) is 13.8 Å². The van der Waals surface area contributed by atoms with E-state index >= 15 is 0 Å². The molecule has 0 saturated carbocycles. The molecule has 0 bridgehead atoms. The third-order valence-electron chi connectivity index (χ3n) is 1.96. The van der Waals surface area contributed by atoms with Gasteiger partial charge in [0.05, 0.1) is 11.4 Å². The lowest BCUT2D eigenvalue weighted by Crippen LogP contribution is -2.02.